The predicted octanol–water partition coefficient (Wildman–Crippen LogP) is 4.73. The molecule has 2 N–H and O–H groups in total. The standard InChI is InChI=1S/C19H30FNO/c1-19(2,3)15-8-5-13(6-9-15)16(12-21)14-7-10-18(22-4)17(20)11-14/h7,10-11,13,15-16H,5-6,8-9,12,21H2,1-4H3. The van der Waals surface area contributed by atoms with E-state index in [1.165, 1.54) is 32.8 Å². The summed E-state index contributed by atoms with van der Waals surface area (Å²) < 4.78 is 19.0. The molecule has 2 rings (SSSR count). The van der Waals surface area contributed by atoms with Gasteiger partial charge in [0, 0.05) is 0 Å². The lowest BCUT2D eigenvalue weighted by atomic mass is 9.66. The first-order valence-electron chi connectivity index (χ1n) is 8.40. The van der Waals surface area contributed by atoms with Crippen LogP contribution in [0.1, 0.15) is 57.9 Å². The number of methoxy groups -OCH3 is 1. The van der Waals surface area contributed by atoms with Gasteiger partial charge in [-0.2, -0.15) is 0 Å². The molecule has 1 aromatic carbocycles. The zero-order chi connectivity index (χ0) is 16.3. The van der Waals surface area contributed by atoms with Crippen molar-refractivity contribution in [2.24, 2.45) is 23.0 Å². The zero-order valence-corrected chi connectivity index (χ0v) is 14.4. The molecule has 0 spiro atoms. The van der Waals surface area contributed by atoms with Crippen LogP contribution >= 0.6 is 0 Å². The van der Waals surface area contributed by atoms with Crippen molar-refractivity contribution in [3.05, 3.63) is 29.6 Å². The second-order valence-corrected chi connectivity index (χ2v) is 7.71. The van der Waals surface area contributed by atoms with Gasteiger partial charge in [0.15, 0.2) is 11.6 Å². The van der Waals surface area contributed by atoms with Crippen LogP contribution in [-0.4, -0.2) is 13.7 Å². The molecule has 2 nitrogen and oxygen atoms in total. The molecule has 1 fully saturated rings. The van der Waals surface area contributed by atoms with E-state index in [0.717, 1.165) is 11.5 Å². The first-order chi connectivity index (χ1) is 10.4. The van der Waals surface area contributed by atoms with Crippen molar-refractivity contribution in [2.45, 2.75) is 52.4 Å². The van der Waals surface area contributed by atoms with Crippen LogP contribution in [0, 0.1) is 23.1 Å². The highest BCUT2D eigenvalue weighted by atomic mass is 19.1. The van der Waals surface area contributed by atoms with Crippen LogP contribution in [0.5, 0.6) is 5.75 Å². The minimum Gasteiger partial charge on any atom is -0.494 e. The molecule has 1 aliphatic rings. The summed E-state index contributed by atoms with van der Waals surface area (Å²) >= 11 is 0. The van der Waals surface area contributed by atoms with Crippen molar-refractivity contribution in [1.29, 1.82) is 0 Å². The van der Waals surface area contributed by atoms with Gasteiger partial charge in [0.2, 0.25) is 0 Å². The highest BCUT2D eigenvalue weighted by Gasteiger charge is 2.33. The van der Waals surface area contributed by atoms with E-state index in [9.17, 15) is 4.39 Å². The SMILES string of the molecule is COc1ccc(C(CN)C2CCC(C(C)(C)C)CC2)cc1F. The van der Waals surface area contributed by atoms with Crippen LogP contribution in [-0.2, 0) is 0 Å². The molecule has 0 radical (unpaired) electrons. The third-order valence-electron chi connectivity index (χ3n) is 5.42. The van der Waals surface area contributed by atoms with E-state index >= 15 is 0 Å². The molecule has 0 bridgehead atoms. The van der Waals surface area contributed by atoms with E-state index in [2.05, 4.69) is 20.8 Å². The summed E-state index contributed by atoms with van der Waals surface area (Å²) in [6.07, 6.45) is 4.89. The molecule has 1 atom stereocenters. The monoisotopic (exact) mass is 307 g/mol. The molecule has 0 saturated heterocycles. The fourth-order valence-corrected chi connectivity index (χ4v) is 3.90. The second kappa shape index (κ2) is 6.99. The second-order valence-electron chi connectivity index (χ2n) is 7.71. The van der Waals surface area contributed by atoms with Crippen LogP contribution in [0.3, 0.4) is 0 Å². The summed E-state index contributed by atoms with van der Waals surface area (Å²) in [6, 6.07) is 5.29. The lowest BCUT2D eigenvalue weighted by Gasteiger charge is -2.39. The maximum Gasteiger partial charge on any atom is 0.165 e. The summed E-state index contributed by atoms with van der Waals surface area (Å²) in [7, 11) is 1.49. The Kier molecular flexibility index (Phi) is 5.49. The first-order valence-corrected chi connectivity index (χ1v) is 8.40. The predicted molar refractivity (Wildman–Crippen MR) is 89.7 cm³/mol. The quantitative estimate of drug-likeness (QED) is 0.873. The smallest absolute Gasteiger partial charge is 0.165 e. The Labute approximate surface area is 134 Å². The molecule has 0 aliphatic heterocycles. The van der Waals surface area contributed by atoms with E-state index in [-0.39, 0.29) is 11.7 Å². The third kappa shape index (κ3) is 3.81. The van der Waals surface area contributed by atoms with Gasteiger partial charge in [-0.1, -0.05) is 26.8 Å². The Morgan fingerprint density at radius 2 is 1.86 bits per heavy atom. The largest absolute Gasteiger partial charge is 0.494 e. The van der Waals surface area contributed by atoms with Crippen LogP contribution < -0.4 is 10.5 Å². The molecule has 0 amide bonds. The number of rotatable bonds is 4. The van der Waals surface area contributed by atoms with Crippen molar-refractivity contribution < 1.29 is 9.13 Å². The highest BCUT2D eigenvalue weighted by Crippen LogP contribution is 2.44. The molecule has 0 aromatic heterocycles. The summed E-state index contributed by atoms with van der Waals surface area (Å²) in [6.45, 7) is 7.57. The molecule has 1 saturated carbocycles. The molecular weight excluding hydrogens is 277 g/mol. The fraction of sp³-hybridized carbons (Fsp3) is 0.684. The topological polar surface area (TPSA) is 35.2 Å². The lowest BCUT2D eigenvalue weighted by molar-refractivity contribution is 0.140. The van der Waals surface area contributed by atoms with Gasteiger partial charge in [0.05, 0.1) is 7.11 Å². The summed E-state index contributed by atoms with van der Waals surface area (Å²) in [5.41, 5.74) is 7.42. The zero-order valence-electron chi connectivity index (χ0n) is 14.4. The van der Waals surface area contributed by atoms with Gasteiger partial charge in [-0.15, -0.1) is 0 Å². The maximum atomic E-state index is 14.0. The summed E-state index contributed by atoms with van der Waals surface area (Å²) in [4.78, 5) is 0. The van der Waals surface area contributed by atoms with Crippen molar-refractivity contribution in [3.63, 3.8) is 0 Å². The van der Waals surface area contributed by atoms with E-state index < -0.39 is 0 Å². The molecular formula is C19H30FNO. The Balaban J connectivity index is 2.08. The van der Waals surface area contributed by atoms with Crippen LogP contribution in [0.25, 0.3) is 0 Å². The summed E-state index contributed by atoms with van der Waals surface area (Å²) in [5.74, 6) is 1.62. The van der Waals surface area contributed by atoms with Gasteiger partial charge in [-0.05, 0) is 73.1 Å². The fourth-order valence-electron chi connectivity index (χ4n) is 3.90. The van der Waals surface area contributed by atoms with Crippen molar-refractivity contribution >= 4 is 0 Å². The highest BCUT2D eigenvalue weighted by molar-refractivity contribution is 5.32. The van der Waals surface area contributed by atoms with Gasteiger partial charge in [-0.25, -0.2) is 4.39 Å². The molecule has 1 aromatic rings. The van der Waals surface area contributed by atoms with Gasteiger partial charge in [0.25, 0.3) is 0 Å². The van der Waals surface area contributed by atoms with E-state index in [1.807, 2.05) is 6.07 Å². The average molecular weight is 307 g/mol. The Morgan fingerprint density at radius 1 is 1.23 bits per heavy atom. The Bertz CT molecular complexity index is 487. The van der Waals surface area contributed by atoms with Crippen LogP contribution in [0.2, 0.25) is 0 Å². The van der Waals surface area contributed by atoms with Gasteiger partial charge in [0.1, 0.15) is 0 Å². The Morgan fingerprint density at radius 3 is 2.32 bits per heavy atom. The van der Waals surface area contributed by atoms with Crippen molar-refractivity contribution in [2.75, 3.05) is 13.7 Å². The minimum absolute atomic E-state index is 0.251. The van der Waals surface area contributed by atoms with Gasteiger partial charge < -0.3 is 10.5 Å². The van der Waals surface area contributed by atoms with Gasteiger partial charge >= 0.3 is 0 Å². The first kappa shape index (κ1) is 17.3. The normalized spacial score (nSPS) is 24.1. The number of benzene rings is 1. The van der Waals surface area contributed by atoms with Crippen LogP contribution in [0.15, 0.2) is 18.2 Å². The number of halogens is 1. The van der Waals surface area contributed by atoms with E-state index in [4.69, 9.17) is 10.5 Å². The van der Waals surface area contributed by atoms with Crippen molar-refractivity contribution in [1.82, 2.24) is 0 Å². The number of nitrogens with two attached hydrogens (primary N) is 1. The average Bonchev–Trinajstić information content (AvgIpc) is 2.48. The molecule has 0 heterocycles. The molecule has 124 valence electrons. The van der Waals surface area contributed by atoms with Gasteiger partial charge in [-0.3, -0.25) is 0 Å². The number of hydrogen-bond acceptors (Lipinski definition) is 2. The van der Waals surface area contributed by atoms with E-state index in [1.54, 1.807) is 12.1 Å². The molecule has 3 heteroatoms. The lowest BCUT2D eigenvalue weighted by Crippen LogP contribution is -2.30. The van der Waals surface area contributed by atoms with E-state index in [0.29, 0.717) is 23.6 Å². The maximum absolute atomic E-state index is 14.0. The molecule has 1 unspecified atom stereocenters. The minimum atomic E-state index is -0.290. The number of ether oxygens (including phenoxy) is 1. The molecule has 22 heavy (non-hydrogen) atoms. The number of hydrogen-bond donors (Lipinski definition) is 1. The van der Waals surface area contributed by atoms with Crippen molar-refractivity contribution in [3.8, 4) is 5.75 Å². The summed E-state index contributed by atoms with van der Waals surface area (Å²) in [5, 5.41) is 0. The third-order valence-corrected chi connectivity index (χ3v) is 5.42. The molecule has 1 aliphatic carbocycles. The Hall–Kier alpha value is -1.09. The van der Waals surface area contributed by atoms with Crippen LogP contribution in [0.4, 0.5) is 4.39 Å².